The summed E-state index contributed by atoms with van der Waals surface area (Å²) >= 11 is 0. The van der Waals surface area contributed by atoms with E-state index in [-0.39, 0.29) is 32.0 Å². The van der Waals surface area contributed by atoms with E-state index in [1.54, 1.807) is 12.2 Å². The zero-order valence-corrected chi connectivity index (χ0v) is 33.9. The Labute approximate surface area is 329 Å². The maximum absolute atomic E-state index is 12.6. The quantitative estimate of drug-likeness (QED) is 0.0282. The molecule has 0 aromatic rings. The van der Waals surface area contributed by atoms with Gasteiger partial charge in [0.25, 0.3) is 0 Å². The molecule has 0 aliphatic heterocycles. The van der Waals surface area contributed by atoms with Crippen molar-refractivity contribution in [2.24, 2.45) is 0 Å². The van der Waals surface area contributed by atoms with Gasteiger partial charge in [0.05, 0.1) is 12.8 Å². The molecule has 0 saturated carbocycles. The Morgan fingerprint density at radius 3 is 1.13 bits per heavy atom. The number of esters is 3. The highest BCUT2D eigenvalue weighted by Crippen LogP contribution is 2.09. The van der Waals surface area contributed by atoms with Crippen LogP contribution in [0.2, 0.25) is 0 Å². The molecule has 0 rings (SSSR count). The Morgan fingerprint density at radius 1 is 0.389 bits per heavy atom. The molecule has 54 heavy (non-hydrogen) atoms. The molecule has 0 amide bonds. The predicted molar refractivity (Wildman–Crippen MR) is 228 cm³/mol. The lowest BCUT2D eigenvalue weighted by Gasteiger charge is -2.17. The number of ether oxygens (including phenoxy) is 3. The second kappa shape index (κ2) is 41.6. The molecule has 6 nitrogen and oxygen atoms in total. The zero-order valence-electron chi connectivity index (χ0n) is 33.9. The van der Waals surface area contributed by atoms with E-state index in [0.29, 0.717) is 12.8 Å². The fraction of sp³-hybridized carbons (Fsp3) is 0.521. The van der Waals surface area contributed by atoms with Gasteiger partial charge in [-0.1, -0.05) is 174 Å². The molecule has 300 valence electrons. The molecule has 0 bridgehead atoms. The number of carbonyl (C=O) groups excluding carboxylic acids is 3. The Morgan fingerprint density at radius 2 is 0.722 bits per heavy atom. The maximum atomic E-state index is 12.6. The topological polar surface area (TPSA) is 78.9 Å². The third-order valence-electron chi connectivity index (χ3n) is 7.78. The number of carbonyl (C=O) groups is 3. The first kappa shape index (κ1) is 49.8. The van der Waals surface area contributed by atoms with E-state index >= 15 is 0 Å². The number of rotatable bonds is 34. The second-order valence-corrected chi connectivity index (χ2v) is 12.8. The summed E-state index contributed by atoms with van der Waals surface area (Å²) in [6, 6.07) is 0. The standard InChI is InChI=1S/C48H72O6/c1-4-7-10-13-16-18-20-22-24-26-28-30-32-35-38-41-47(50)53-44-45(43-52-46(49)40-37-34-15-12-9-6-3)54-48(51)42-39-36-33-31-29-27-25-23-21-19-17-14-11-8-5-2/h7-8,10-11,16-19,22-25,28-31,35-36,38-39,45H,4-6,9,12-15,20-21,26-27,32-34,37,40-44H2,1-3H3/b10-7-,11-8-,18-16-,19-17-,24-22-,25-23-,30-28-,31-29-,38-35-,39-36-. The van der Waals surface area contributed by atoms with Crippen LogP contribution in [0.5, 0.6) is 0 Å². The van der Waals surface area contributed by atoms with Gasteiger partial charge in [-0.2, -0.15) is 0 Å². The van der Waals surface area contributed by atoms with Gasteiger partial charge in [-0.15, -0.1) is 0 Å². The average Bonchev–Trinajstić information content (AvgIpc) is 3.17. The van der Waals surface area contributed by atoms with Crippen LogP contribution in [0.25, 0.3) is 0 Å². The van der Waals surface area contributed by atoms with Crippen molar-refractivity contribution in [3.8, 4) is 0 Å². The van der Waals surface area contributed by atoms with Crippen LogP contribution in [-0.2, 0) is 28.6 Å². The van der Waals surface area contributed by atoms with E-state index in [4.69, 9.17) is 14.2 Å². The van der Waals surface area contributed by atoms with Gasteiger partial charge in [0.15, 0.2) is 6.10 Å². The average molecular weight is 745 g/mol. The first-order valence-electron chi connectivity index (χ1n) is 20.5. The Balaban J connectivity index is 4.63. The predicted octanol–water partition coefficient (Wildman–Crippen LogP) is 13.0. The Kier molecular flexibility index (Phi) is 38.3. The SMILES string of the molecule is CC/C=C\C/C=C\C/C=C\C/C=C\C/C=C\CC(=O)OCC(COC(=O)CCCCCCCC)OC(=O)C/C=C\C/C=C\C/C=C\C/C=C\C/C=C\CC. The van der Waals surface area contributed by atoms with Crippen LogP contribution in [0.15, 0.2) is 122 Å². The van der Waals surface area contributed by atoms with Crippen LogP contribution in [0.3, 0.4) is 0 Å². The van der Waals surface area contributed by atoms with E-state index in [0.717, 1.165) is 77.0 Å². The van der Waals surface area contributed by atoms with Crippen LogP contribution < -0.4 is 0 Å². The van der Waals surface area contributed by atoms with Gasteiger partial charge < -0.3 is 14.2 Å². The van der Waals surface area contributed by atoms with Gasteiger partial charge in [0.1, 0.15) is 13.2 Å². The first-order valence-corrected chi connectivity index (χ1v) is 20.5. The molecular weight excluding hydrogens is 673 g/mol. The van der Waals surface area contributed by atoms with Gasteiger partial charge in [-0.05, 0) is 70.6 Å². The van der Waals surface area contributed by atoms with E-state index in [1.807, 2.05) is 12.2 Å². The van der Waals surface area contributed by atoms with Crippen LogP contribution >= 0.6 is 0 Å². The summed E-state index contributed by atoms with van der Waals surface area (Å²) in [6.45, 7) is 6.11. The molecule has 0 fully saturated rings. The van der Waals surface area contributed by atoms with E-state index in [1.165, 1.54) is 19.3 Å². The van der Waals surface area contributed by atoms with Gasteiger partial charge in [0, 0.05) is 6.42 Å². The number of allylic oxidation sites excluding steroid dienone is 18. The van der Waals surface area contributed by atoms with Gasteiger partial charge in [0.2, 0.25) is 0 Å². The van der Waals surface area contributed by atoms with Gasteiger partial charge >= 0.3 is 17.9 Å². The van der Waals surface area contributed by atoms with Crippen molar-refractivity contribution >= 4 is 17.9 Å². The van der Waals surface area contributed by atoms with Crippen molar-refractivity contribution in [2.75, 3.05) is 13.2 Å². The number of hydrogen-bond donors (Lipinski definition) is 0. The molecule has 1 atom stereocenters. The normalized spacial score (nSPS) is 13.3. The molecule has 0 aromatic heterocycles. The summed E-state index contributed by atoms with van der Waals surface area (Å²) in [6.07, 6.45) is 56.8. The molecule has 6 heteroatoms. The van der Waals surface area contributed by atoms with Crippen LogP contribution in [0.1, 0.15) is 143 Å². The van der Waals surface area contributed by atoms with Crippen molar-refractivity contribution in [1.29, 1.82) is 0 Å². The highest BCUT2D eigenvalue weighted by molar-refractivity contribution is 5.72. The highest BCUT2D eigenvalue weighted by Gasteiger charge is 2.19. The molecule has 0 aliphatic rings. The molecule has 0 N–H and O–H groups in total. The summed E-state index contributed by atoms with van der Waals surface area (Å²) < 4.78 is 16.3. The molecule has 0 heterocycles. The monoisotopic (exact) mass is 745 g/mol. The molecule has 0 spiro atoms. The van der Waals surface area contributed by atoms with Crippen molar-refractivity contribution < 1.29 is 28.6 Å². The molecule has 0 saturated heterocycles. The number of unbranched alkanes of at least 4 members (excludes halogenated alkanes) is 5. The molecule has 1 unspecified atom stereocenters. The van der Waals surface area contributed by atoms with Gasteiger partial charge in [-0.3, -0.25) is 14.4 Å². The van der Waals surface area contributed by atoms with Crippen molar-refractivity contribution in [3.05, 3.63) is 122 Å². The van der Waals surface area contributed by atoms with Crippen LogP contribution in [0, 0.1) is 0 Å². The fourth-order valence-electron chi connectivity index (χ4n) is 4.76. The second-order valence-electron chi connectivity index (χ2n) is 12.8. The van der Waals surface area contributed by atoms with Crippen LogP contribution in [0.4, 0.5) is 0 Å². The zero-order chi connectivity index (χ0) is 39.4. The molecular formula is C48H72O6. The minimum absolute atomic E-state index is 0.0731. The largest absolute Gasteiger partial charge is 0.462 e. The summed E-state index contributed by atoms with van der Waals surface area (Å²) in [7, 11) is 0. The molecule has 0 aromatic carbocycles. The highest BCUT2D eigenvalue weighted by atomic mass is 16.6. The smallest absolute Gasteiger partial charge is 0.310 e. The summed E-state index contributed by atoms with van der Waals surface area (Å²) in [5.74, 6) is -1.24. The summed E-state index contributed by atoms with van der Waals surface area (Å²) in [5.41, 5.74) is 0. The van der Waals surface area contributed by atoms with E-state index in [9.17, 15) is 14.4 Å². The Bertz CT molecular complexity index is 1220. The van der Waals surface area contributed by atoms with Crippen molar-refractivity contribution in [2.45, 2.75) is 149 Å². The van der Waals surface area contributed by atoms with Crippen LogP contribution in [-0.4, -0.2) is 37.2 Å². The van der Waals surface area contributed by atoms with E-state index in [2.05, 4.69) is 118 Å². The molecule has 0 radical (unpaired) electrons. The maximum Gasteiger partial charge on any atom is 0.310 e. The lowest BCUT2D eigenvalue weighted by molar-refractivity contribution is -0.166. The van der Waals surface area contributed by atoms with Gasteiger partial charge in [-0.25, -0.2) is 0 Å². The van der Waals surface area contributed by atoms with Crippen molar-refractivity contribution in [1.82, 2.24) is 0 Å². The number of hydrogen-bond acceptors (Lipinski definition) is 6. The molecule has 0 aliphatic carbocycles. The summed E-state index contributed by atoms with van der Waals surface area (Å²) in [5, 5.41) is 0. The minimum atomic E-state index is -0.869. The third-order valence-corrected chi connectivity index (χ3v) is 7.78. The van der Waals surface area contributed by atoms with E-state index < -0.39 is 18.0 Å². The van der Waals surface area contributed by atoms with Crippen molar-refractivity contribution in [3.63, 3.8) is 0 Å². The first-order chi connectivity index (χ1) is 26.5. The minimum Gasteiger partial charge on any atom is -0.462 e. The lowest BCUT2D eigenvalue weighted by atomic mass is 10.1. The lowest BCUT2D eigenvalue weighted by Crippen LogP contribution is -2.30. The third kappa shape index (κ3) is 39.0. The Hall–Kier alpha value is -4.19. The fourth-order valence-corrected chi connectivity index (χ4v) is 4.76. The summed E-state index contributed by atoms with van der Waals surface area (Å²) in [4.78, 5) is 37.3.